The van der Waals surface area contributed by atoms with E-state index in [0.29, 0.717) is 6.54 Å². The highest BCUT2D eigenvalue weighted by Gasteiger charge is 2.28. The lowest BCUT2D eigenvalue weighted by atomic mass is 10.1. The maximum atomic E-state index is 14.5. The lowest BCUT2D eigenvalue weighted by molar-refractivity contribution is -0.679. The van der Waals surface area contributed by atoms with Gasteiger partial charge in [0.25, 0.3) is 10.6 Å². The van der Waals surface area contributed by atoms with E-state index in [4.69, 9.17) is 0 Å². The van der Waals surface area contributed by atoms with Crippen LogP contribution in [0.5, 0.6) is 0 Å². The number of hydrogen-bond donors (Lipinski definition) is 0. The number of anilines is 1. The van der Waals surface area contributed by atoms with Crippen LogP contribution in [0.25, 0.3) is 45.5 Å². The fourth-order valence-corrected chi connectivity index (χ4v) is 10.8. The van der Waals surface area contributed by atoms with Crippen LogP contribution in [-0.4, -0.2) is 11.1 Å². The molecule has 0 bridgehead atoms. The molecule has 0 amide bonds. The van der Waals surface area contributed by atoms with Gasteiger partial charge < -0.3 is 17.3 Å². The van der Waals surface area contributed by atoms with E-state index in [9.17, 15) is 4.79 Å². The molecule has 0 N–H and O–H groups in total. The van der Waals surface area contributed by atoms with Gasteiger partial charge in [-0.05, 0) is 73.4 Å². The van der Waals surface area contributed by atoms with Crippen LogP contribution in [0.15, 0.2) is 160 Å². The van der Waals surface area contributed by atoms with Crippen molar-refractivity contribution in [1.29, 1.82) is 0 Å². The predicted molar refractivity (Wildman–Crippen MR) is 236 cm³/mol. The van der Waals surface area contributed by atoms with E-state index >= 15 is 0 Å². The van der Waals surface area contributed by atoms with E-state index in [-0.39, 0.29) is 18.0 Å². The molecule has 5 aromatic carbocycles. The van der Waals surface area contributed by atoms with Gasteiger partial charge >= 0.3 is 0 Å². The molecule has 2 aromatic heterocycles. The Kier molecular flexibility index (Phi) is 12.4. The highest BCUT2D eigenvalue weighted by molar-refractivity contribution is 8.03. The summed E-state index contributed by atoms with van der Waals surface area (Å²) in [5, 5.41) is 2.23. The van der Waals surface area contributed by atoms with Gasteiger partial charge in [0.2, 0.25) is 5.69 Å². The molecule has 0 atom stereocenters. The zero-order chi connectivity index (χ0) is 37.7. The molecule has 0 aliphatic carbocycles. The summed E-state index contributed by atoms with van der Waals surface area (Å²) in [5.74, 6) is 0. The van der Waals surface area contributed by atoms with Crippen molar-refractivity contribution in [3.8, 4) is 21.7 Å². The van der Waals surface area contributed by atoms with Crippen LogP contribution in [0.4, 0.5) is 5.69 Å². The zero-order valence-corrected chi connectivity index (χ0v) is 34.8. The molecule has 0 fully saturated rings. The summed E-state index contributed by atoms with van der Waals surface area (Å²) in [7, 11) is 0. The molecule has 0 unspecified atom stereocenters. The monoisotopic (exact) mass is 807 g/mol. The normalized spacial score (nSPS) is 14.0. The first-order valence-electron chi connectivity index (χ1n) is 18.8. The summed E-state index contributed by atoms with van der Waals surface area (Å²) in [5.41, 5.74) is 9.11. The fourth-order valence-electron chi connectivity index (χ4n) is 7.08. The quantitative estimate of drug-likeness (QED) is 0.107. The highest BCUT2D eigenvalue weighted by atomic mass is 35.5. The van der Waals surface area contributed by atoms with Crippen molar-refractivity contribution in [3.63, 3.8) is 0 Å². The molecular weight excluding hydrogens is 766 g/mol. The summed E-state index contributed by atoms with van der Waals surface area (Å²) in [6, 6.07) is 48.7. The molecule has 8 heteroatoms. The number of thiazole rings is 2. The number of allylic oxidation sites excluding steroid dienone is 1. The first-order chi connectivity index (χ1) is 27.1. The van der Waals surface area contributed by atoms with Crippen LogP contribution in [0.1, 0.15) is 42.5 Å². The minimum absolute atomic E-state index is 0. The van der Waals surface area contributed by atoms with Gasteiger partial charge in [-0.2, -0.15) is 4.57 Å². The van der Waals surface area contributed by atoms with Gasteiger partial charge in [0.1, 0.15) is 20.6 Å². The molecule has 8 rings (SSSR count). The molecule has 0 saturated heterocycles. The Morgan fingerprint density at radius 3 is 1.96 bits per heavy atom. The largest absolute Gasteiger partial charge is 1.00 e. The molecule has 7 aromatic rings. The van der Waals surface area contributed by atoms with Crippen molar-refractivity contribution in [3.05, 3.63) is 192 Å². The van der Waals surface area contributed by atoms with Gasteiger partial charge in [-0.1, -0.05) is 151 Å². The van der Waals surface area contributed by atoms with Crippen LogP contribution in [0, 0.1) is 0 Å². The molecule has 4 nitrogen and oxygen atoms in total. The maximum absolute atomic E-state index is 14.5. The van der Waals surface area contributed by atoms with Gasteiger partial charge in [-0.25, -0.2) is 0 Å². The molecule has 0 radical (unpaired) electrons. The van der Waals surface area contributed by atoms with E-state index in [2.05, 4.69) is 182 Å². The molecule has 3 heterocycles. The standard InChI is InChI=1S/C48H42N3OS3.ClH/c1-4-49-40-30-29-35(28-27-34-19-11-7-12-20-34)31-41(40)53-42(49)32-39(36-21-13-8-14-22-36)47-48(52)51(6-3)44(55-47)33-43-50(5-2)45(37-23-15-9-16-24-37)46(54-43)38-25-17-10-18-26-38;/h7-33H,4-6H2,1-3H3;1H/q+1;/p-1/b28-27+,42-32-,47-39+;. The summed E-state index contributed by atoms with van der Waals surface area (Å²) >= 11 is 5.14. The maximum Gasteiger partial charge on any atom is 0.269 e. The highest BCUT2D eigenvalue weighted by Crippen LogP contribution is 2.47. The molecule has 1 aliphatic rings. The third-order valence-electron chi connectivity index (χ3n) is 9.77. The first kappa shape index (κ1) is 39.1. The second kappa shape index (κ2) is 17.7. The van der Waals surface area contributed by atoms with E-state index in [1.165, 1.54) is 37.8 Å². The molecule has 56 heavy (non-hydrogen) atoms. The Morgan fingerprint density at radius 1 is 0.696 bits per heavy atom. The summed E-state index contributed by atoms with van der Waals surface area (Å²) in [6.45, 7) is 8.65. The van der Waals surface area contributed by atoms with Crippen molar-refractivity contribution in [2.75, 3.05) is 11.4 Å². The molecule has 1 aliphatic heterocycles. The van der Waals surface area contributed by atoms with E-state index in [0.717, 1.165) is 49.0 Å². The predicted octanol–water partition coefficient (Wildman–Crippen LogP) is 7.31. The van der Waals surface area contributed by atoms with Crippen molar-refractivity contribution >= 4 is 63.9 Å². The minimum Gasteiger partial charge on any atom is -1.00 e. The van der Waals surface area contributed by atoms with Crippen LogP contribution in [0.2, 0.25) is 0 Å². The summed E-state index contributed by atoms with van der Waals surface area (Å²) < 4.78 is 6.02. The Balaban J connectivity index is 0.00000480. The second-order valence-electron chi connectivity index (χ2n) is 13.1. The Bertz CT molecular complexity index is 2700. The minimum atomic E-state index is 0. The molecule has 0 saturated carbocycles. The van der Waals surface area contributed by atoms with Gasteiger partial charge in [-0.3, -0.25) is 9.36 Å². The second-order valence-corrected chi connectivity index (χ2v) is 16.3. The Hall–Kier alpha value is -5.18. The number of benzene rings is 5. The lowest BCUT2D eigenvalue weighted by Gasteiger charge is -2.18. The van der Waals surface area contributed by atoms with Gasteiger partial charge in [0.15, 0.2) is 0 Å². The van der Waals surface area contributed by atoms with E-state index in [1.807, 2.05) is 16.7 Å². The third kappa shape index (κ3) is 7.91. The molecule has 0 spiro atoms. The topological polar surface area (TPSA) is 29.1 Å². The van der Waals surface area contributed by atoms with Crippen LogP contribution in [-0.2, 0) is 13.1 Å². The number of halogens is 1. The van der Waals surface area contributed by atoms with Gasteiger partial charge in [-0.15, -0.1) is 11.3 Å². The number of fused-ring (bicyclic) bond motifs is 1. The number of thioether (sulfide) groups is 1. The number of aromatic nitrogens is 2. The average molecular weight is 809 g/mol. The molecule has 280 valence electrons. The average Bonchev–Trinajstić information content (AvgIpc) is 3.89. The Morgan fingerprint density at radius 2 is 1.32 bits per heavy atom. The van der Waals surface area contributed by atoms with Crippen molar-refractivity contribution in [1.82, 2.24) is 4.57 Å². The van der Waals surface area contributed by atoms with E-state index < -0.39 is 0 Å². The van der Waals surface area contributed by atoms with Crippen molar-refractivity contribution in [2.24, 2.45) is 0 Å². The van der Waals surface area contributed by atoms with Crippen molar-refractivity contribution in [2.45, 2.75) is 38.8 Å². The zero-order valence-electron chi connectivity index (χ0n) is 31.6. The third-order valence-corrected chi connectivity index (χ3v) is 13.2. The first-order valence-corrected chi connectivity index (χ1v) is 21.2. The van der Waals surface area contributed by atoms with Crippen LogP contribution < -0.4 is 36.6 Å². The molecular formula is C48H42ClN3OS3. The van der Waals surface area contributed by atoms with E-state index in [1.54, 1.807) is 34.4 Å². The summed E-state index contributed by atoms with van der Waals surface area (Å²) in [4.78, 5) is 19.3. The Labute approximate surface area is 347 Å². The van der Waals surface area contributed by atoms with Crippen LogP contribution in [0.3, 0.4) is 0 Å². The van der Waals surface area contributed by atoms with Crippen LogP contribution >= 0.6 is 34.4 Å². The summed E-state index contributed by atoms with van der Waals surface area (Å²) in [6.07, 6.45) is 8.79. The number of rotatable bonds is 10. The number of hydrogen-bond acceptors (Lipinski definition) is 5. The lowest BCUT2D eigenvalue weighted by Crippen LogP contribution is -3.00. The van der Waals surface area contributed by atoms with Gasteiger partial charge in [0, 0.05) is 29.1 Å². The SMILES string of the molecule is CCN1/C(=C/C(c2ccccc2)=c2\s/c(=C/c3sc(-c4ccccc4)c(-c4ccccc4)[n+]3CC)n(CC)c2=O)Sc2cc(/C=C/c3ccccc3)ccc21.[Cl-]. The number of nitrogens with zero attached hydrogens (tertiary/aromatic N) is 3. The van der Waals surface area contributed by atoms with Gasteiger partial charge in [0.05, 0.1) is 16.8 Å². The van der Waals surface area contributed by atoms with Crippen molar-refractivity contribution < 1.29 is 17.0 Å². The smallest absolute Gasteiger partial charge is 0.269 e. The fraction of sp³-hybridized carbons (Fsp3) is 0.125.